The van der Waals surface area contributed by atoms with E-state index >= 15 is 4.39 Å². The molecule has 3 N–H and O–H groups in total. The molecule has 288 valence electrons. The van der Waals surface area contributed by atoms with Gasteiger partial charge in [0.05, 0.1) is 53.3 Å². The highest BCUT2D eigenvalue weighted by molar-refractivity contribution is 7.23. The Morgan fingerprint density at radius 2 is 1.89 bits per heavy atom. The third-order valence-corrected chi connectivity index (χ3v) is 9.67. The number of carbonyl (C=O) groups excluding carboxylic acids is 1. The van der Waals surface area contributed by atoms with Crippen molar-refractivity contribution in [3.63, 3.8) is 0 Å². The Balaban J connectivity index is 0.000000610. The van der Waals surface area contributed by atoms with Gasteiger partial charge in [-0.3, -0.25) is 10.3 Å². The highest BCUT2D eigenvalue weighted by Gasteiger charge is 2.32. The number of hydrogen-bond donors (Lipinski definition) is 3. The zero-order valence-electron chi connectivity index (χ0n) is 32.8. The molecule has 0 radical (unpaired) electrons. The van der Waals surface area contributed by atoms with Gasteiger partial charge in [-0.2, -0.15) is 5.26 Å². The highest BCUT2D eigenvalue weighted by atomic mass is 32.1. The fourth-order valence-electron chi connectivity index (χ4n) is 6.34. The Morgan fingerprint density at radius 3 is 2.42 bits per heavy atom. The number of β-amino-alcohol motifs (C(OH)–C–C–N with tert-alkyl or cyclic N) is 1. The van der Waals surface area contributed by atoms with Gasteiger partial charge in [0.15, 0.2) is 5.82 Å². The summed E-state index contributed by atoms with van der Waals surface area (Å²) in [5.74, 6) is 0.933. The van der Waals surface area contributed by atoms with Gasteiger partial charge in [-0.15, -0.1) is 11.3 Å². The summed E-state index contributed by atoms with van der Waals surface area (Å²) in [4.78, 5) is 28.8. The Morgan fingerprint density at radius 1 is 1.23 bits per heavy atom. The minimum atomic E-state index is -0.751. The molecule has 2 aliphatic rings. The van der Waals surface area contributed by atoms with Crippen molar-refractivity contribution < 1.29 is 28.9 Å². The van der Waals surface area contributed by atoms with Gasteiger partial charge < -0.3 is 24.6 Å². The van der Waals surface area contributed by atoms with Gasteiger partial charge in [0, 0.05) is 41.5 Å². The lowest BCUT2D eigenvalue weighted by Gasteiger charge is -2.20. The molecule has 4 aromatic rings. The average molecular weight is 751 g/mol. The van der Waals surface area contributed by atoms with Crippen molar-refractivity contribution in [3.8, 4) is 17.3 Å². The molecule has 11 nitrogen and oxygen atoms in total. The predicted molar refractivity (Wildman–Crippen MR) is 212 cm³/mol. The quantitative estimate of drug-likeness (QED) is 0.162. The SMILES string of the molecule is C=CO.CC.CCCC(C)C.CCc1c(-c2ncc(F)c3sc(NC(=O)OC(C)(C)C)c(C#N)c23)c2c(c3cnc(N4C[C@@H](C)[C@@H](O)C4)nc13)COC2. The maximum Gasteiger partial charge on any atom is 0.412 e. The first kappa shape index (κ1) is 43.0. The number of nitriles is 1. The molecule has 2 aliphatic heterocycles. The molecule has 6 rings (SSSR count). The van der Waals surface area contributed by atoms with Crippen molar-refractivity contribution in [1.29, 1.82) is 5.26 Å². The Labute approximate surface area is 316 Å². The second-order valence-electron chi connectivity index (χ2n) is 14.1. The molecule has 0 spiro atoms. The summed E-state index contributed by atoms with van der Waals surface area (Å²) in [6.07, 6.45) is 5.80. The van der Waals surface area contributed by atoms with E-state index in [1.807, 2.05) is 38.8 Å². The van der Waals surface area contributed by atoms with Crippen LogP contribution in [0.4, 0.5) is 20.1 Å². The zero-order valence-corrected chi connectivity index (χ0v) is 33.6. The van der Waals surface area contributed by atoms with E-state index in [0.29, 0.717) is 49.8 Å². The average Bonchev–Trinajstić information content (AvgIpc) is 3.82. The monoisotopic (exact) mass is 750 g/mol. The van der Waals surface area contributed by atoms with Gasteiger partial charge in [0.1, 0.15) is 16.7 Å². The summed E-state index contributed by atoms with van der Waals surface area (Å²) in [7, 11) is 0. The lowest BCUT2D eigenvalue weighted by atomic mass is 9.88. The van der Waals surface area contributed by atoms with Crippen LogP contribution in [0.2, 0.25) is 0 Å². The van der Waals surface area contributed by atoms with E-state index < -0.39 is 23.6 Å². The molecule has 53 heavy (non-hydrogen) atoms. The maximum atomic E-state index is 15.2. The zero-order chi connectivity index (χ0) is 39.6. The molecule has 1 saturated heterocycles. The molecule has 0 unspecified atom stereocenters. The number of aromatic nitrogens is 3. The molecule has 5 heterocycles. The van der Waals surface area contributed by atoms with Crippen LogP contribution in [0.5, 0.6) is 0 Å². The molecule has 0 bridgehead atoms. The van der Waals surface area contributed by atoms with Gasteiger partial charge in [0.2, 0.25) is 5.95 Å². The van der Waals surface area contributed by atoms with Crippen molar-refractivity contribution in [2.75, 3.05) is 23.3 Å². The van der Waals surface area contributed by atoms with Crippen LogP contribution in [0.3, 0.4) is 0 Å². The Kier molecular flexibility index (Phi) is 15.5. The molecule has 1 aromatic carbocycles. The minimum Gasteiger partial charge on any atom is -0.516 e. The first-order chi connectivity index (χ1) is 25.2. The van der Waals surface area contributed by atoms with Gasteiger partial charge in [-0.25, -0.2) is 19.2 Å². The first-order valence-electron chi connectivity index (χ1n) is 18.3. The number of rotatable bonds is 6. The van der Waals surface area contributed by atoms with Crippen LogP contribution in [0.1, 0.15) is 104 Å². The lowest BCUT2D eigenvalue weighted by molar-refractivity contribution is 0.0636. The summed E-state index contributed by atoms with van der Waals surface area (Å²) in [5.41, 5.74) is 3.98. The number of pyridine rings is 1. The number of ether oxygens (including phenoxy) is 2. The van der Waals surface area contributed by atoms with E-state index in [-0.39, 0.29) is 21.2 Å². The number of thiophene rings is 1. The molecule has 1 fully saturated rings. The van der Waals surface area contributed by atoms with Crippen LogP contribution < -0.4 is 10.2 Å². The second-order valence-corrected chi connectivity index (χ2v) is 15.1. The second kappa shape index (κ2) is 19.1. The number of amides is 1. The summed E-state index contributed by atoms with van der Waals surface area (Å²) < 4.78 is 26.7. The summed E-state index contributed by atoms with van der Waals surface area (Å²) in [5, 5.41) is 31.9. The highest BCUT2D eigenvalue weighted by Crippen LogP contribution is 2.46. The van der Waals surface area contributed by atoms with Crippen molar-refractivity contribution in [3.05, 3.63) is 53.3 Å². The van der Waals surface area contributed by atoms with Crippen molar-refractivity contribution in [1.82, 2.24) is 15.0 Å². The number of aryl methyl sites for hydroxylation is 1. The van der Waals surface area contributed by atoms with E-state index in [1.165, 1.54) is 12.8 Å². The molecular weight excluding hydrogens is 696 g/mol. The number of anilines is 2. The standard InChI is InChI=1S/C30H31FN6O4S.C6H14.C2H4O.C2H6/c1-6-15-22(19-13-40-12-18(19)17-8-34-28(35-24(15)17)37-10-14(2)21(38)11-37)25-23-16(7-32)27(36-29(39)41-30(3,4)5)42-26(23)20(31)9-33-25;1-4-5-6(2)3;1-2-3;1-2/h8-9,14,21,38H,6,10-13H2,1-5H3,(H,36,39);6H,4-5H2,1-3H3;2-3H,1H2;1-2H3/t14-,21+;;;/m1.../s1. The van der Waals surface area contributed by atoms with Crippen molar-refractivity contribution >= 4 is 49.4 Å². The number of halogens is 1. The summed E-state index contributed by atoms with van der Waals surface area (Å²) >= 11 is 0.972. The van der Waals surface area contributed by atoms with Crippen molar-refractivity contribution in [2.45, 2.75) is 113 Å². The predicted octanol–water partition coefficient (Wildman–Crippen LogP) is 9.83. The third kappa shape index (κ3) is 9.99. The Bertz CT molecular complexity index is 1920. The largest absolute Gasteiger partial charge is 0.516 e. The number of carbonyl (C=O) groups is 1. The Hall–Kier alpha value is -4.38. The van der Waals surface area contributed by atoms with Gasteiger partial charge in [-0.05, 0) is 49.8 Å². The number of benzene rings is 1. The van der Waals surface area contributed by atoms with Crippen LogP contribution in [-0.4, -0.2) is 56.1 Å². The molecule has 1 amide bonds. The molecule has 13 heteroatoms. The molecule has 2 atom stereocenters. The molecular formula is C40H55FN6O5S. The van der Waals surface area contributed by atoms with Crippen LogP contribution in [0, 0.1) is 29.0 Å². The topological polar surface area (TPSA) is 154 Å². The third-order valence-electron chi connectivity index (χ3n) is 8.55. The minimum absolute atomic E-state index is 0.0992. The number of nitrogens with zero attached hydrogens (tertiary/aromatic N) is 5. The number of nitrogens with one attached hydrogen (secondary N) is 1. The summed E-state index contributed by atoms with van der Waals surface area (Å²) in [6.45, 7) is 24.6. The molecule has 0 aliphatic carbocycles. The number of fused-ring (bicyclic) bond motifs is 4. The van der Waals surface area contributed by atoms with E-state index in [0.717, 1.165) is 62.9 Å². The number of aliphatic hydroxyl groups is 2. The van der Waals surface area contributed by atoms with Crippen LogP contribution in [-0.2, 0) is 29.1 Å². The maximum absolute atomic E-state index is 15.2. The van der Waals surface area contributed by atoms with E-state index in [1.54, 1.807) is 20.8 Å². The number of aliphatic hydroxyl groups excluding tert-OH is 2. The fraction of sp³-hybridized carbons (Fsp3) is 0.525. The van der Waals surface area contributed by atoms with Gasteiger partial charge in [0.25, 0.3) is 0 Å². The van der Waals surface area contributed by atoms with Crippen LogP contribution in [0.25, 0.3) is 32.2 Å². The van der Waals surface area contributed by atoms with E-state index in [9.17, 15) is 15.2 Å². The molecule has 0 saturated carbocycles. The van der Waals surface area contributed by atoms with Gasteiger partial charge in [-0.1, -0.05) is 67.9 Å². The number of hydrogen-bond acceptors (Lipinski definition) is 11. The van der Waals surface area contributed by atoms with Crippen LogP contribution >= 0.6 is 11.3 Å². The van der Waals surface area contributed by atoms with E-state index in [2.05, 4.69) is 48.7 Å². The summed E-state index contributed by atoms with van der Waals surface area (Å²) in [6, 6.07) is 2.17. The lowest BCUT2D eigenvalue weighted by Crippen LogP contribution is -2.27. The molecule has 3 aromatic heterocycles. The van der Waals surface area contributed by atoms with Crippen molar-refractivity contribution in [2.24, 2.45) is 11.8 Å². The first-order valence-corrected chi connectivity index (χ1v) is 19.1. The fourth-order valence-corrected chi connectivity index (χ4v) is 7.38. The normalized spacial score (nSPS) is 16.1. The smallest absolute Gasteiger partial charge is 0.412 e. The van der Waals surface area contributed by atoms with Gasteiger partial charge >= 0.3 is 6.09 Å². The van der Waals surface area contributed by atoms with E-state index in [4.69, 9.17) is 19.6 Å². The van der Waals surface area contributed by atoms with Crippen LogP contribution in [0.15, 0.2) is 25.2 Å².